The maximum absolute atomic E-state index is 13.0. The molecule has 0 saturated carbocycles. The van der Waals surface area contributed by atoms with Crippen molar-refractivity contribution in [3.63, 3.8) is 0 Å². The number of hydrogen-bond acceptors (Lipinski definition) is 3. The molecule has 1 aliphatic heterocycles. The zero-order valence-electron chi connectivity index (χ0n) is 16.9. The van der Waals surface area contributed by atoms with Crippen LogP contribution in [-0.4, -0.2) is 36.3 Å². The van der Waals surface area contributed by atoms with Gasteiger partial charge in [-0.05, 0) is 30.0 Å². The molecular formula is C25H26N2O3. The molecule has 0 aliphatic carbocycles. The van der Waals surface area contributed by atoms with Crippen molar-refractivity contribution >= 4 is 11.8 Å². The predicted octanol–water partition coefficient (Wildman–Crippen LogP) is 3.88. The quantitative estimate of drug-likeness (QED) is 0.681. The van der Waals surface area contributed by atoms with Crippen molar-refractivity contribution in [1.82, 2.24) is 10.2 Å². The van der Waals surface area contributed by atoms with Crippen LogP contribution in [0.2, 0.25) is 0 Å². The summed E-state index contributed by atoms with van der Waals surface area (Å²) in [5.74, 6) is -0.195. The van der Waals surface area contributed by atoms with Gasteiger partial charge in [-0.1, -0.05) is 60.7 Å². The van der Waals surface area contributed by atoms with Crippen LogP contribution in [0.25, 0.3) is 0 Å². The second kappa shape index (κ2) is 9.44. The van der Waals surface area contributed by atoms with Gasteiger partial charge < -0.3 is 14.6 Å². The second-order valence-corrected chi connectivity index (χ2v) is 7.79. The van der Waals surface area contributed by atoms with Crippen LogP contribution in [-0.2, 0) is 11.2 Å². The number of benzene rings is 2. The van der Waals surface area contributed by atoms with Gasteiger partial charge in [-0.25, -0.2) is 0 Å². The van der Waals surface area contributed by atoms with Crippen molar-refractivity contribution in [2.75, 3.05) is 19.6 Å². The molecule has 0 spiro atoms. The smallest absolute Gasteiger partial charge is 0.257 e. The molecule has 5 nitrogen and oxygen atoms in total. The molecule has 0 radical (unpaired) electrons. The highest BCUT2D eigenvalue weighted by atomic mass is 16.3. The fourth-order valence-electron chi connectivity index (χ4n) is 4.11. The maximum atomic E-state index is 13.0. The summed E-state index contributed by atoms with van der Waals surface area (Å²) >= 11 is 0. The first kappa shape index (κ1) is 20.0. The Labute approximate surface area is 176 Å². The van der Waals surface area contributed by atoms with E-state index in [1.165, 1.54) is 18.1 Å². The van der Waals surface area contributed by atoms with Crippen LogP contribution in [0.5, 0.6) is 0 Å². The molecular weight excluding hydrogens is 376 g/mol. The molecule has 0 bridgehead atoms. The lowest BCUT2D eigenvalue weighted by atomic mass is 9.83. The van der Waals surface area contributed by atoms with E-state index in [0.29, 0.717) is 25.2 Å². The Kier molecular flexibility index (Phi) is 6.28. The lowest BCUT2D eigenvalue weighted by molar-refractivity contribution is -0.126. The average Bonchev–Trinajstić information content (AvgIpc) is 3.34. The number of rotatable bonds is 6. The van der Waals surface area contributed by atoms with Crippen molar-refractivity contribution in [2.24, 2.45) is 5.92 Å². The van der Waals surface area contributed by atoms with Gasteiger partial charge in [0.1, 0.15) is 6.26 Å². The summed E-state index contributed by atoms with van der Waals surface area (Å²) in [6.45, 7) is 1.61. The van der Waals surface area contributed by atoms with Crippen LogP contribution in [0, 0.1) is 5.92 Å². The molecule has 2 unspecified atom stereocenters. The third kappa shape index (κ3) is 4.79. The molecule has 30 heavy (non-hydrogen) atoms. The summed E-state index contributed by atoms with van der Waals surface area (Å²) in [4.78, 5) is 27.7. The molecule has 1 N–H and O–H groups in total. The molecule has 1 aromatic heterocycles. The number of amides is 2. The van der Waals surface area contributed by atoms with Gasteiger partial charge in [0.05, 0.1) is 17.7 Å². The number of piperidine rings is 1. The Hall–Kier alpha value is -3.34. The number of nitrogens with zero attached hydrogens (tertiary/aromatic N) is 1. The Morgan fingerprint density at radius 1 is 0.967 bits per heavy atom. The van der Waals surface area contributed by atoms with Gasteiger partial charge >= 0.3 is 0 Å². The van der Waals surface area contributed by atoms with E-state index in [1.807, 2.05) is 36.4 Å². The summed E-state index contributed by atoms with van der Waals surface area (Å²) in [5.41, 5.74) is 2.87. The molecule has 2 heterocycles. The largest absolute Gasteiger partial charge is 0.472 e. The Morgan fingerprint density at radius 2 is 1.70 bits per heavy atom. The van der Waals surface area contributed by atoms with E-state index in [9.17, 15) is 9.59 Å². The standard InChI is InChI=1S/C25H26N2O3/c28-24(26-13-11-19-7-3-1-4-8-19)23-15-22(20-9-5-2-6-10-20)16-27(17-23)25(29)21-12-14-30-18-21/h1-10,12,14,18,22-23H,11,13,15-17H2,(H,26,28). The highest BCUT2D eigenvalue weighted by Gasteiger charge is 2.34. The van der Waals surface area contributed by atoms with Gasteiger partial charge in [0.15, 0.2) is 0 Å². The number of furan rings is 1. The normalized spacial score (nSPS) is 18.7. The first-order valence-electron chi connectivity index (χ1n) is 10.4. The summed E-state index contributed by atoms with van der Waals surface area (Å²) in [6, 6.07) is 21.9. The zero-order valence-corrected chi connectivity index (χ0v) is 16.9. The molecule has 1 saturated heterocycles. The number of carbonyl (C=O) groups excluding carboxylic acids is 2. The van der Waals surface area contributed by atoms with Crippen molar-refractivity contribution < 1.29 is 14.0 Å². The number of hydrogen-bond donors (Lipinski definition) is 1. The highest BCUT2D eigenvalue weighted by molar-refractivity contribution is 5.94. The van der Waals surface area contributed by atoms with Crippen LogP contribution >= 0.6 is 0 Å². The zero-order chi connectivity index (χ0) is 20.8. The molecule has 1 fully saturated rings. The van der Waals surface area contributed by atoms with Crippen LogP contribution in [0.3, 0.4) is 0 Å². The lowest BCUT2D eigenvalue weighted by Gasteiger charge is -2.37. The number of carbonyl (C=O) groups is 2. The molecule has 5 heteroatoms. The third-order valence-electron chi connectivity index (χ3n) is 5.70. The molecule has 4 rings (SSSR count). The average molecular weight is 402 g/mol. The Bertz CT molecular complexity index is 955. The van der Waals surface area contributed by atoms with E-state index in [0.717, 1.165) is 18.4 Å². The molecule has 1 aliphatic rings. The van der Waals surface area contributed by atoms with Crippen LogP contribution in [0.15, 0.2) is 83.7 Å². The van der Waals surface area contributed by atoms with Gasteiger partial charge in [-0.3, -0.25) is 9.59 Å². The molecule has 2 atom stereocenters. The summed E-state index contributed by atoms with van der Waals surface area (Å²) in [7, 11) is 0. The van der Waals surface area contributed by atoms with Crippen LogP contribution in [0.1, 0.15) is 33.8 Å². The van der Waals surface area contributed by atoms with E-state index in [4.69, 9.17) is 4.42 Å². The second-order valence-electron chi connectivity index (χ2n) is 7.79. The van der Waals surface area contributed by atoms with Gasteiger partial charge in [0, 0.05) is 25.6 Å². The van der Waals surface area contributed by atoms with Crippen molar-refractivity contribution in [3.8, 4) is 0 Å². The minimum Gasteiger partial charge on any atom is -0.472 e. The summed E-state index contributed by atoms with van der Waals surface area (Å²) in [6.07, 6.45) is 4.48. The minimum absolute atomic E-state index is 0.0107. The fourth-order valence-corrected chi connectivity index (χ4v) is 4.11. The van der Waals surface area contributed by atoms with E-state index >= 15 is 0 Å². The van der Waals surface area contributed by atoms with Gasteiger partial charge in [0.2, 0.25) is 5.91 Å². The van der Waals surface area contributed by atoms with Gasteiger partial charge in [-0.2, -0.15) is 0 Å². The monoisotopic (exact) mass is 402 g/mol. The highest BCUT2D eigenvalue weighted by Crippen LogP contribution is 2.31. The lowest BCUT2D eigenvalue weighted by Crippen LogP contribution is -2.48. The van der Waals surface area contributed by atoms with Crippen molar-refractivity contribution in [3.05, 3.63) is 95.9 Å². The van der Waals surface area contributed by atoms with Crippen LogP contribution in [0.4, 0.5) is 0 Å². The molecule has 154 valence electrons. The first-order valence-corrected chi connectivity index (χ1v) is 10.4. The predicted molar refractivity (Wildman–Crippen MR) is 115 cm³/mol. The van der Waals surface area contributed by atoms with E-state index in [2.05, 4.69) is 29.6 Å². The minimum atomic E-state index is -0.240. The first-order chi connectivity index (χ1) is 14.7. The summed E-state index contributed by atoms with van der Waals surface area (Å²) < 4.78 is 5.08. The van der Waals surface area contributed by atoms with Crippen LogP contribution < -0.4 is 5.32 Å². The molecule has 2 aromatic carbocycles. The fraction of sp³-hybridized carbons (Fsp3) is 0.280. The molecule has 3 aromatic rings. The van der Waals surface area contributed by atoms with E-state index < -0.39 is 0 Å². The van der Waals surface area contributed by atoms with E-state index in [1.54, 1.807) is 11.0 Å². The van der Waals surface area contributed by atoms with Gasteiger partial charge in [0.25, 0.3) is 5.91 Å². The number of likely N-dealkylation sites (tertiary alicyclic amines) is 1. The number of nitrogens with one attached hydrogen (secondary N) is 1. The van der Waals surface area contributed by atoms with E-state index in [-0.39, 0.29) is 23.7 Å². The third-order valence-corrected chi connectivity index (χ3v) is 5.70. The maximum Gasteiger partial charge on any atom is 0.257 e. The van der Waals surface area contributed by atoms with Crippen molar-refractivity contribution in [2.45, 2.75) is 18.8 Å². The summed E-state index contributed by atoms with van der Waals surface area (Å²) in [5, 5.41) is 3.07. The Balaban J connectivity index is 1.45. The SMILES string of the molecule is O=C(NCCc1ccccc1)C1CC(c2ccccc2)CN(C(=O)c2ccoc2)C1. The molecule has 2 amide bonds. The topological polar surface area (TPSA) is 62.6 Å². The van der Waals surface area contributed by atoms with Gasteiger partial charge in [-0.15, -0.1) is 0 Å². The Morgan fingerprint density at radius 3 is 2.40 bits per heavy atom. The van der Waals surface area contributed by atoms with Crippen molar-refractivity contribution in [1.29, 1.82) is 0 Å².